The van der Waals surface area contributed by atoms with Crippen LogP contribution in [0.4, 0.5) is 13.2 Å². The molecule has 4 nitrogen and oxygen atoms in total. The molecule has 1 aliphatic heterocycles. The predicted molar refractivity (Wildman–Crippen MR) is 77.8 cm³/mol. The number of hydrogen-bond donors (Lipinski definition) is 0. The van der Waals surface area contributed by atoms with Crippen molar-refractivity contribution < 1.29 is 27.4 Å². The number of alkyl halides is 3. The van der Waals surface area contributed by atoms with Gasteiger partial charge in [0.05, 0.1) is 18.7 Å². The van der Waals surface area contributed by atoms with Gasteiger partial charge in [-0.15, -0.1) is 0 Å². The standard InChI is InChI=1S/C16H20F3NO3/c1-22-9-2-3-15(21)20-8-10-23-14(11-20)12-4-6-13(7-5-12)16(17,18)19/h4-7,14H,2-3,8-11H2,1H3/t14-/m1/s1. The van der Waals surface area contributed by atoms with Gasteiger partial charge in [-0.1, -0.05) is 12.1 Å². The van der Waals surface area contributed by atoms with Crippen LogP contribution >= 0.6 is 0 Å². The number of rotatable bonds is 5. The SMILES string of the molecule is COCCCC(=O)N1CCO[C@@H](c2ccc(C(F)(F)F)cc2)C1. The van der Waals surface area contributed by atoms with Crippen molar-refractivity contribution in [2.75, 3.05) is 33.4 Å². The summed E-state index contributed by atoms with van der Waals surface area (Å²) < 4.78 is 48.3. The number of hydrogen-bond acceptors (Lipinski definition) is 3. The summed E-state index contributed by atoms with van der Waals surface area (Å²) in [6.45, 7) is 1.76. The molecule has 23 heavy (non-hydrogen) atoms. The van der Waals surface area contributed by atoms with E-state index in [-0.39, 0.29) is 5.91 Å². The largest absolute Gasteiger partial charge is 0.416 e. The van der Waals surface area contributed by atoms with Gasteiger partial charge >= 0.3 is 6.18 Å². The first-order valence-corrected chi connectivity index (χ1v) is 7.47. The number of benzene rings is 1. The van der Waals surface area contributed by atoms with Crippen LogP contribution in [0.1, 0.15) is 30.1 Å². The molecule has 1 saturated heterocycles. The molecule has 1 atom stereocenters. The van der Waals surface area contributed by atoms with Gasteiger partial charge in [0.2, 0.25) is 5.91 Å². The highest BCUT2D eigenvalue weighted by Crippen LogP contribution is 2.31. The Morgan fingerprint density at radius 2 is 2.04 bits per heavy atom. The fourth-order valence-electron chi connectivity index (χ4n) is 2.49. The second-order valence-corrected chi connectivity index (χ2v) is 5.42. The number of carbonyl (C=O) groups excluding carboxylic acids is 1. The molecule has 1 fully saturated rings. The van der Waals surface area contributed by atoms with Gasteiger partial charge < -0.3 is 14.4 Å². The van der Waals surface area contributed by atoms with Crippen molar-refractivity contribution in [3.8, 4) is 0 Å². The Kier molecular flexibility index (Phi) is 6.01. The Bertz CT molecular complexity index is 516. The van der Waals surface area contributed by atoms with Crippen molar-refractivity contribution in [1.82, 2.24) is 4.90 Å². The zero-order valence-electron chi connectivity index (χ0n) is 12.9. The van der Waals surface area contributed by atoms with E-state index < -0.39 is 17.8 Å². The first-order chi connectivity index (χ1) is 10.9. The van der Waals surface area contributed by atoms with Crippen molar-refractivity contribution >= 4 is 5.91 Å². The molecule has 0 aliphatic carbocycles. The molecule has 128 valence electrons. The van der Waals surface area contributed by atoms with Crippen LogP contribution < -0.4 is 0 Å². The Labute approximate surface area is 133 Å². The Balaban J connectivity index is 1.96. The van der Waals surface area contributed by atoms with Gasteiger partial charge in [0, 0.05) is 26.7 Å². The molecule has 0 radical (unpaired) electrons. The first-order valence-electron chi connectivity index (χ1n) is 7.47. The zero-order valence-corrected chi connectivity index (χ0v) is 12.9. The van der Waals surface area contributed by atoms with Crippen LogP contribution in [-0.4, -0.2) is 44.2 Å². The van der Waals surface area contributed by atoms with E-state index in [2.05, 4.69) is 0 Å². The quantitative estimate of drug-likeness (QED) is 0.779. The zero-order chi connectivity index (χ0) is 16.9. The number of halogens is 3. The van der Waals surface area contributed by atoms with Gasteiger partial charge in [0.15, 0.2) is 0 Å². The third-order valence-electron chi connectivity index (χ3n) is 3.77. The second-order valence-electron chi connectivity index (χ2n) is 5.42. The average molecular weight is 331 g/mol. The van der Waals surface area contributed by atoms with Crippen LogP contribution in [0.15, 0.2) is 24.3 Å². The lowest BCUT2D eigenvalue weighted by molar-refractivity contribution is -0.139. The van der Waals surface area contributed by atoms with Crippen molar-refractivity contribution in [1.29, 1.82) is 0 Å². The molecule has 1 aliphatic rings. The maximum absolute atomic E-state index is 12.6. The molecule has 7 heteroatoms. The van der Waals surface area contributed by atoms with Gasteiger partial charge in [0.25, 0.3) is 0 Å². The first kappa shape index (κ1) is 17.7. The number of methoxy groups -OCH3 is 1. The third-order valence-corrected chi connectivity index (χ3v) is 3.77. The molecule has 1 aromatic carbocycles. The van der Waals surface area contributed by atoms with Crippen LogP contribution in [0.2, 0.25) is 0 Å². The maximum Gasteiger partial charge on any atom is 0.416 e. The number of ether oxygens (including phenoxy) is 2. The Morgan fingerprint density at radius 3 is 2.65 bits per heavy atom. The summed E-state index contributed by atoms with van der Waals surface area (Å²) in [5, 5.41) is 0. The van der Waals surface area contributed by atoms with Crippen LogP contribution in [0.3, 0.4) is 0 Å². The monoisotopic (exact) mass is 331 g/mol. The van der Waals surface area contributed by atoms with Gasteiger partial charge in [-0.05, 0) is 24.1 Å². The normalized spacial score (nSPS) is 19.0. The molecular formula is C16H20F3NO3. The molecule has 2 rings (SSSR count). The van der Waals surface area contributed by atoms with Gasteiger partial charge in [-0.3, -0.25) is 4.79 Å². The van der Waals surface area contributed by atoms with E-state index in [1.54, 1.807) is 12.0 Å². The minimum Gasteiger partial charge on any atom is -0.385 e. The fourth-order valence-corrected chi connectivity index (χ4v) is 2.49. The summed E-state index contributed by atoms with van der Waals surface area (Å²) in [6, 6.07) is 4.90. The molecule has 1 heterocycles. The van der Waals surface area contributed by atoms with E-state index in [9.17, 15) is 18.0 Å². The molecule has 0 bridgehead atoms. The molecule has 1 aromatic rings. The topological polar surface area (TPSA) is 38.8 Å². The highest BCUT2D eigenvalue weighted by atomic mass is 19.4. The summed E-state index contributed by atoms with van der Waals surface area (Å²) in [5.41, 5.74) is -0.0445. The number of morpholine rings is 1. The van der Waals surface area contributed by atoms with Crippen molar-refractivity contribution in [3.63, 3.8) is 0 Å². The number of nitrogens with zero attached hydrogens (tertiary/aromatic N) is 1. The second kappa shape index (κ2) is 7.79. The Hall–Kier alpha value is -1.60. The molecule has 0 N–H and O–H groups in total. The van der Waals surface area contributed by atoms with E-state index in [4.69, 9.17) is 9.47 Å². The Morgan fingerprint density at radius 1 is 1.35 bits per heavy atom. The van der Waals surface area contributed by atoms with Crippen LogP contribution in [0.5, 0.6) is 0 Å². The molecule has 0 aromatic heterocycles. The van der Waals surface area contributed by atoms with Gasteiger partial charge in [0.1, 0.15) is 6.10 Å². The summed E-state index contributed by atoms with van der Waals surface area (Å²) in [5.74, 6) is 0.0160. The lowest BCUT2D eigenvalue weighted by Crippen LogP contribution is -2.42. The molecular weight excluding hydrogens is 311 g/mol. The molecule has 0 saturated carbocycles. The summed E-state index contributed by atoms with van der Waals surface area (Å²) in [4.78, 5) is 13.8. The minimum absolute atomic E-state index is 0.0160. The number of carbonyl (C=O) groups is 1. The smallest absolute Gasteiger partial charge is 0.385 e. The van der Waals surface area contributed by atoms with Crippen LogP contribution in [0.25, 0.3) is 0 Å². The summed E-state index contributed by atoms with van der Waals surface area (Å²) in [7, 11) is 1.58. The predicted octanol–water partition coefficient (Wildman–Crippen LogP) is 3.03. The average Bonchev–Trinajstić information content (AvgIpc) is 2.54. The molecule has 1 amide bonds. The maximum atomic E-state index is 12.6. The minimum atomic E-state index is -4.35. The van der Waals surface area contributed by atoms with E-state index in [1.165, 1.54) is 12.1 Å². The number of amides is 1. The summed E-state index contributed by atoms with van der Waals surface area (Å²) >= 11 is 0. The van der Waals surface area contributed by atoms with E-state index in [1.807, 2.05) is 0 Å². The van der Waals surface area contributed by atoms with Crippen molar-refractivity contribution in [2.45, 2.75) is 25.1 Å². The van der Waals surface area contributed by atoms with Crippen molar-refractivity contribution in [3.05, 3.63) is 35.4 Å². The lowest BCUT2D eigenvalue weighted by atomic mass is 10.0. The van der Waals surface area contributed by atoms with Gasteiger partial charge in [-0.25, -0.2) is 0 Å². The van der Waals surface area contributed by atoms with E-state index in [0.717, 1.165) is 12.1 Å². The molecule has 0 unspecified atom stereocenters. The summed E-state index contributed by atoms with van der Waals surface area (Å²) in [6.07, 6.45) is -3.70. The molecule has 0 spiro atoms. The van der Waals surface area contributed by atoms with Gasteiger partial charge in [-0.2, -0.15) is 13.2 Å². The highest BCUT2D eigenvalue weighted by molar-refractivity contribution is 5.76. The van der Waals surface area contributed by atoms with Crippen molar-refractivity contribution in [2.24, 2.45) is 0 Å². The lowest BCUT2D eigenvalue weighted by Gasteiger charge is -2.33. The van der Waals surface area contributed by atoms with E-state index >= 15 is 0 Å². The van der Waals surface area contributed by atoms with Crippen LogP contribution in [-0.2, 0) is 20.4 Å². The fraction of sp³-hybridized carbons (Fsp3) is 0.562. The third kappa shape index (κ3) is 4.94. The highest BCUT2D eigenvalue weighted by Gasteiger charge is 2.31. The van der Waals surface area contributed by atoms with Crippen LogP contribution in [0, 0.1) is 0 Å². The van der Waals surface area contributed by atoms with E-state index in [0.29, 0.717) is 44.7 Å².